The lowest BCUT2D eigenvalue weighted by molar-refractivity contribution is 0.460. The van der Waals surface area contributed by atoms with Gasteiger partial charge in [0.15, 0.2) is 0 Å². The third-order valence-electron chi connectivity index (χ3n) is 3.33. The zero-order valence-corrected chi connectivity index (χ0v) is 10.3. The van der Waals surface area contributed by atoms with Crippen LogP contribution in [0, 0.1) is 6.92 Å². The van der Waals surface area contributed by atoms with E-state index in [1.165, 1.54) is 28.6 Å². The molecule has 3 heteroatoms. The molecule has 1 aliphatic rings. The topological polar surface area (TPSA) is 24.9 Å². The molecule has 84 valence electrons. The lowest BCUT2D eigenvalue weighted by atomic mass is 9.90. The largest absolute Gasteiger partial charge is 0.317 e. The second kappa shape index (κ2) is 4.15. The van der Waals surface area contributed by atoms with Crippen LogP contribution in [0.1, 0.15) is 29.3 Å². The van der Waals surface area contributed by atoms with Crippen molar-refractivity contribution in [3.05, 3.63) is 28.8 Å². The van der Waals surface area contributed by atoms with Gasteiger partial charge < -0.3 is 5.32 Å². The molecule has 0 saturated carbocycles. The normalized spacial score (nSPS) is 18.1. The molecule has 0 unspecified atom stereocenters. The fourth-order valence-electron chi connectivity index (χ4n) is 2.47. The van der Waals surface area contributed by atoms with E-state index < -0.39 is 0 Å². The van der Waals surface area contributed by atoms with Crippen molar-refractivity contribution >= 4 is 21.6 Å². The van der Waals surface area contributed by atoms with Gasteiger partial charge in [0.2, 0.25) is 0 Å². The first kappa shape index (κ1) is 10.2. The highest BCUT2D eigenvalue weighted by Crippen LogP contribution is 2.29. The molecule has 2 aromatic rings. The number of piperidine rings is 1. The fraction of sp³-hybridized carbons (Fsp3) is 0.462. The minimum Gasteiger partial charge on any atom is -0.317 e. The van der Waals surface area contributed by atoms with Gasteiger partial charge in [-0.3, -0.25) is 0 Å². The summed E-state index contributed by atoms with van der Waals surface area (Å²) in [5.41, 5.74) is 2.65. The van der Waals surface area contributed by atoms with Gasteiger partial charge in [-0.15, -0.1) is 11.3 Å². The van der Waals surface area contributed by atoms with Crippen molar-refractivity contribution in [3.63, 3.8) is 0 Å². The minimum absolute atomic E-state index is 0.729. The second-order valence-corrected chi connectivity index (χ2v) is 5.72. The summed E-state index contributed by atoms with van der Waals surface area (Å²) >= 11 is 1.78. The number of benzene rings is 1. The van der Waals surface area contributed by atoms with Gasteiger partial charge in [-0.2, -0.15) is 0 Å². The van der Waals surface area contributed by atoms with Gasteiger partial charge in [-0.1, -0.05) is 6.07 Å². The summed E-state index contributed by atoms with van der Waals surface area (Å²) in [5.74, 6) is 0.729. The number of hydrogen-bond donors (Lipinski definition) is 1. The smallest absolute Gasteiger partial charge is 0.0907 e. The molecule has 2 heterocycles. The van der Waals surface area contributed by atoms with E-state index in [2.05, 4.69) is 35.4 Å². The Hall–Kier alpha value is -0.930. The van der Waals surface area contributed by atoms with Crippen LogP contribution in [0.25, 0.3) is 10.2 Å². The van der Waals surface area contributed by atoms with Crippen LogP contribution >= 0.6 is 11.3 Å². The Morgan fingerprint density at radius 2 is 2.12 bits per heavy atom. The average molecular weight is 232 g/mol. The van der Waals surface area contributed by atoms with Crippen molar-refractivity contribution in [2.75, 3.05) is 13.1 Å². The van der Waals surface area contributed by atoms with Gasteiger partial charge in [-0.25, -0.2) is 4.98 Å². The minimum atomic E-state index is 0.729. The summed E-state index contributed by atoms with van der Waals surface area (Å²) < 4.78 is 1.31. The monoisotopic (exact) mass is 232 g/mol. The molecule has 1 aromatic carbocycles. The molecular formula is C13H16N2S. The van der Waals surface area contributed by atoms with E-state index in [9.17, 15) is 0 Å². The molecule has 0 bridgehead atoms. The molecule has 0 amide bonds. The number of thiazole rings is 1. The van der Waals surface area contributed by atoms with Crippen LogP contribution in [-0.4, -0.2) is 18.1 Å². The van der Waals surface area contributed by atoms with Gasteiger partial charge >= 0.3 is 0 Å². The fourth-order valence-corrected chi connectivity index (χ4v) is 3.28. The van der Waals surface area contributed by atoms with E-state index in [0.717, 1.165) is 24.0 Å². The first-order valence-electron chi connectivity index (χ1n) is 5.91. The van der Waals surface area contributed by atoms with Crippen LogP contribution in [0.3, 0.4) is 0 Å². The van der Waals surface area contributed by atoms with E-state index in [1.54, 1.807) is 11.3 Å². The zero-order valence-electron chi connectivity index (χ0n) is 9.49. The Morgan fingerprint density at radius 1 is 1.31 bits per heavy atom. The van der Waals surface area contributed by atoms with Crippen molar-refractivity contribution in [2.45, 2.75) is 25.7 Å². The zero-order chi connectivity index (χ0) is 11.0. The molecule has 1 N–H and O–H groups in total. The summed E-state index contributed by atoms with van der Waals surface area (Å²) in [4.78, 5) is 4.57. The molecule has 1 saturated heterocycles. The van der Waals surface area contributed by atoms with Crippen molar-refractivity contribution in [3.8, 4) is 0 Å². The van der Waals surface area contributed by atoms with E-state index >= 15 is 0 Å². The molecule has 1 aliphatic heterocycles. The predicted octanol–water partition coefficient (Wildman–Crippen LogP) is 3.07. The Kier molecular flexibility index (Phi) is 2.65. The van der Waals surface area contributed by atoms with Gasteiger partial charge in [-0.05, 0) is 56.5 Å². The number of nitrogens with one attached hydrogen (secondary N) is 1. The number of aromatic nitrogens is 1. The van der Waals surface area contributed by atoms with E-state index in [-0.39, 0.29) is 0 Å². The third-order valence-corrected chi connectivity index (χ3v) is 4.28. The SMILES string of the molecule is Cc1nc2cc(C3CCNCC3)ccc2s1. The van der Waals surface area contributed by atoms with Crippen LogP contribution in [0.5, 0.6) is 0 Å². The van der Waals surface area contributed by atoms with Crippen LogP contribution < -0.4 is 5.32 Å². The van der Waals surface area contributed by atoms with Crippen LogP contribution in [0.2, 0.25) is 0 Å². The maximum Gasteiger partial charge on any atom is 0.0907 e. The molecule has 0 radical (unpaired) electrons. The maximum atomic E-state index is 4.57. The highest BCUT2D eigenvalue weighted by atomic mass is 32.1. The summed E-state index contributed by atoms with van der Waals surface area (Å²) in [7, 11) is 0. The number of aryl methyl sites for hydroxylation is 1. The van der Waals surface area contributed by atoms with E-state index in [4.69, 9.17) is 0 Å². The number of hydrogen-bond acceptors (Lipinski definition) is 3. The number of rotatable bonds is 1. The molecule has 2 nitrogen and oxygen atoms in total. The number of fused-ring (bicyclic) bond motifs is 1. The summed E-state index contributed by atoms with van der Waals surface area (Å²) in [6, 6.07) is 6.81. The summed E-state index contributed by atoms with van der Waals surface area (Å²) in [5, 5.41) is 4.58. The van der Waals surface area contributed by atoms with E-state index in [1.807, 2.05) is 0 Å². The Morgan fingerprint density at radius 3 is 2.94 bits per heavy atom. The van der Waals surface area contributed by atoms with Crippen molar-refractivity contribution < 1.29 is 0 Å². The first-order chi connectivity index (χ1) is 7.83. The Labute approximate surface area is 99.7 Å². The molecule has 3 rings (SSSR count). The first-order valence-corrected chi connectivity index (χ1v) is 6.72. The van der Waals surface area contributed by atoms with Gasteiger partial charge in [0.05, 0.1) is 15.2 Å². The molecule has 1 aromatic heterocycles. The van der Waals surface area contributed by atoms with Crippen LogP contribution in [0.4, 0.5) is 0 Å². The van der Waals surface area contributed by atoms with Gasteiger partial charge in [0.25, 0.3) is 0 Å². The molecule has 16 heavy (non-hydrogen) atoms. The number of nitrogens with zero attached hydrogens (tertiary/aromatic N) is 1. The van der Waals surface area contributed by atoms with Crippen molar-refractivity contribution in [1.82, 2.24) is 10.3 Å². The molecule has 0 atom stereocenters. The summed E-state index contributed by atoms with van der Waals surface area (Å²) in [6.07, 6.45) is 2.52. The van der Waals surface area contributed by atoms with E-state index in [0.29, 0.717) is 0 Å². The quantitative estimate of drug-likeness (QED) is 0.817. The lowest BCUT2D eigenvalue weighted by Gasteiger charge is -2.22. The lowest BCUT2D eigenvalue weighted by Crippen LogP contribution is -2.26. The Bertz CT molecular complexity index is 498. The highest BCUT2D eigenvalue weighted by molar-refractivity contribution is 7.18. The van der Waals surface area contributed by atoms with Crippen molar-refractivity contribution in [2.24, 2.45) is 0 Å². The highest BCUT2D eigenvalue weighted by Gasteiger charge is 2.15. The molecule has 0 spiro atoms. The van der Waals surface area contributed by atoms with Crippen molar-refractivity contribution in [1.29, 1.82) is 0 Å². The molecule has 0 aliphatic carbocycles. The predicted molar refractivity (Wildman–Crippen MR) is 69.2 cm³/mol. The average Bonchev–Trinajstić information content (AvgIpc) is 2.69. The second-order valence-electron chi connectivity index (χ2n) is 4.48. The molecular weight excluding hydrogens is 216 g/mol. The van der Waals surface area contributed by atoms with Crippen LogP contribution in [-0.2, 0) is 0 Å². The molecule has 1 fully saturated rings. The summed E-state index contributed by atoms with van der Waals surface area (Å²) in [6.45, 7) is 4.38. The van der Waals surface area contributed by atoms with Crippen LogP contribution in [0.15, 0.2) is 18.2 Å². The standard InChI is InChI=1S/C13H16N2S/c1-9-15-12-8-11(2-3-13(12)16-9)10-4-6-14-7-5-10/h2-3,8,10,14H,4-7H2,1H3. The Balaban J connectivity index is 1.97. The van der Waals surface area contributed by atoms with Gasteiger partial charge in [0, 0.05) is 0 Å². The van der Waals surface area contributed by atoms with Gasteiger partial charge in [0.1, 0.15) is 0 Å². The maximum absolute atomic E-state index is 4.57. The third kappa shape index (κ3) is 1.85.